The first-order valence-electron chi connectivity index (χ1n) is 9.63. The van der Waals surface area contributed by atoms with Gasteiger partial charge in [-0.05, 0) is 39.8 Å². The van der Waals surface area contributed by atoms with E-state index in [9.17, 15) is 14.7 Å². The number of methoxy groups -OCH3 is 1. The maximum absolute atomic E-state index is 13.1. The minimum atomic E-state index is -0.865. The Bertz CT molecular complexity index is 759. The molecule has 1 aromatic rings. The van der Waals surface area contributed by atoms with Crippen LogP contribution in [-0.4, -0.2) is 59.4 Å². The zero-order chi connectivity index (χ0) is 20.7. The Morgan fingerprint density at radius 2 is 1.96 bits per heavy atom. The molecule has 1 amide bonds. The quantitative estimate of drug-likeness (QED) is 0.834. The Labute approximate surface area is 165 Å². The van der Waals surface area contributed by atoms with E-state index in [4.69, 9.17) is 14.2 Å². The molecule has 0 radical (unpaired) electrons. The number of fused-ring (bicyclic) bond motifs is 1. The number of rotatable bonds is 2. The molecule has 0 bridgehead atoms. The summed E-state index contributed by atoms with van der Waals surface area (Å²) in [5.41, 5.74) is -0.975. The number of carbonyl (C=O) groups excluding carboxylic acids is 2. The number of hydrogen-bond acceptors (Lipinski definition) is 6. The van der Waals surface area contributed by atoms with Crippen LogP contribution in [-0.2, 0) is 4.74 Å². The number of aliphatic hydroxyl groups is 1. The van der Waals surface area contributed by atoms with E-state index in [2.05, 4.69) is 0 Å². The topological polar surface area (TPSA) is 85.3 Å². The lowest BCUT2D eigenvalue weighted by atomic mass is 9.71. The first kappa shape index (κ1) is 20.5. The van der Waals surface area contributed by atoms with Crippen molar-refractivity contribution in [2.24, 2.45) is 5.92 Å². The number of hydrogen-bond donors (Lipinski definition) is 1. The van der Waals surface area contributed by atoms with Gasteiger partial charge in [0.15, 0.2) is 5.78 Å². The molecule has 0 aromatic heterocycles. The van der Waals surface area contributed by atoms with Crippen molar-refractivity contribution >= 4 is 11.9 Å². The van der Waals surface area contributed by atoms with Gasteiger partial charge >= 0.3 is 6.09 Å². The highest BCUT2D eigenvalue weighted by molar-refractivity contribution is 6.02. The van der Waals surface area contributed by atoms with Gasteiger partial charge in [0.25, 0.3) is 0 Å². The van der Waals surface area contributed by atoms with Crippen LogP contribution in [0.1, 0.15) is 50.9 Å². The van der Waals surface area contributed by atoms with Crippen molar-refractivity contribution in [3.63, 3.8) is 0 Å². The van der Waals surface area contributed by atoms with E-state index in [1.165, 1.54) is 0 Å². The lowest BCUT2D eigenvalue weighted by molar-refractivity contribution is -0.0763. The molecule has 28 heavy (non-hydrogen) atoms. The number of amides is 1. The van der Waals surface area contributed by atoms with Gasteiger partial charge in [-0.1, -0.05) is 0 Å². The Balaban J connectivity index is 1.85. The third kappa shape index (κ3) is 3.81. The van der Waals surface area contributed by atoms with Crippen LogP contribution < -0.4 is 9.47 Å². The summed E-state index contributed by atoms with van der Waals surface area (Å²) in [5.74, 6) is 0.245. The van der Waals surface area contributed by atoms with Crippen molar-refractivity contribution in [2.45, 2.75) is 57.8 Å². The van der Waals surface area contributed by atoms with Crippen LogP contribution >= 0.6 is 0 Å². The van der Waals surface area contributed by atoms with Gasteiger partial charge in [-0.15, -0.1) is 0 Å². The predicted octanol–water partition coefficient (Wildman–Crippen LogP) is 3.04. The average molecular weight is 391 g/mol. The SMILES string of the molecule is COc1ccc2c(c1)OC1(CCN(C(=O)OC(C)(C)C)CC1)C(C(C)O)C2=O. The molecule has 0 saturated carbocycles. The summed E-state index contributed by atoms with van der Waals surface area (Å²) in [6.45, 7) is 7.88. The normalized spacial score (nSPS) is 22.3. The molecular weight excluding hydrogens is 362 g/mol. The maximum atomic E-state index is 13.1. The van der Waals surface area contributed by atoms with E-state index in [0.29, 0.717) is 43.0 Å². The van der Waals surface area contributed by atoms with E-state index in [0.717, 1.165) is 0 Å². The third-order valence-electron chi connectivity index (χ3n) is 5.36. The molecule has 2 heterocycles. The summed E-state index contributed by atoms with van der Waals surface area (Å²) in [7, 11) is 1.56. The summed E-state index contributed by atoms with van der Waals surface area (Å²) < 4.78 is 17.0. The van der Waals surface area contributed by atoms with Crippen LogP contribution in [0.2, 0.25) is 0 Å². The molecule has 7 heteroatoms. The second-order valence-corrected chi connectivity index (χ2v) is 8.58. The Morgan fingerprint density at radius 1 is 1.32 bits per heavy atom. The zero-order valence-electron chi connectivity index (χ0n) is 17.2. The highest BCUT2D eigenvalue weighted by Gasteiger charge is 2.53. The zero-order valence-corrected chi connectivity index (χ0v) is 17.2. The van der Waals surface area contributed by atoms with Crippen molar-refractivity contribution < 1.29 is 28.9 Å². The van der Waals surface area contributed by atoms with E-state index < -0.39 is 23.2 Å². The third-order valence-corrected chi connectivity index (χ3v) is 5.36. The van der Waals surface area contributed by atoms with Crippen LogP contribution in [0.25, 0.3) is 0 Å². The van der Waals surface area contributed by atoms with Gasteiger partial charge < -0.3 is 24.2 Å². The Morgan fingerprint density at radius 3 is 2.50 bits per heavy atom. The highest BCUT2D eigenvalue weighted by Crippen LogP contribution is 2.45. The van der Waals surface area contributed by atoms with Gasteiger partial charge in [-0.3, -0.25) is 4.79 Å². The monoisotopic (exact) mass is 391 g/mol. The predicted molar refractivity (Wildman–Crippen MR) is 103 cm³/mol. The molecule has 2 aliphatic heterocycles. The van der Waals surface area contributed by atoms with Gasteiger partial charge in [0.05, 0.1) is 24.7 Å². The number of Topliss-reactive ketones (excluding diaryl/α,β-unsaturated/α-hetero) is 1. The molecule has 1 aromatic carbocycles. The fraction of sp³-hybridized carbons (Fsp3) is 0.619. The maximum Gasteiger partial charge on any atom is 0.410 e. The summed E-state index contributed by atoms with van der Waals surface area (Å²) in [4.78, 5) is 27.2. The van der Waals surface area contributed by atoms with Crippen molar-refractivity contribution in [3.05, 3.63) is 23.8 Å². The number of benzene rings is 1. The van der Waals surface area contributed by atoms with E-state index >= 15 is 0 Å². The molecule has 1 fully saturated rings. The number of carbonyl (C=O) groups is 2. The highest BCUT2D eigenvalue weighted by atomic mass is 16.6. The molecule has 3 rings (SSSR count). The van der Waals surface area contributed by atoms with Gasteiger partial charge in [0.1, 0.15) is 22.7 Å². The molecule has 2 unspecified atom stereocenters. The number of likely N-dealkylation sites (tertiary alicyclic amines) is 1. The Hall–Kier alpha value is -2.28. The molecule has 1 saturated heterocycles. The first-order chi connectivity index (χ1) is 13.1. The molecular formula is C21H29NO6. The fourth-order valence-electron chi connectivity index (χ4n) is 4.07. The van der Waals surface area contributed by atoms with Gasteiger partial charge in [0.2, 0.25) is 0 Å². The number of ketones is 1. The minimum Gasteiger partial charge on any atom is -0.497 e. The molecule has 1 N–H and O–H groups in total. The molecule has 1 spiro atoms. The van der Waals surface area contributed by atoms with Crippen LogP contribution in [0.15, 0.2) is 18.2 Å². The van der Waals surface area contributed by atoms with Crippen molar-refractivity contribution in [1.29, 1.82) is 0 Å². The van der Waals surface area contributed by atoms with Crippen LogP contribution in [0.5, 0.6) is 11.5 Å². The standard InChI is InChI=1S/C21H29NO6/c1-13(23)17-18(24)15-7-6-14(26-5)12-16(15)27-21(17)8-10-22(11-9-21)19(25)28-20(2,3)4/h6-7,12-13,17,23H,8-11H2,1-5H3. The van der Waals surface area contributed by atoms with Crippen molar-refractivity contribution in [1.82, 2.24) is 4.90 Å². The molecule has 2 atom stereocenters. The summed E-state index contributed by atoms with van der Waals surface area (Å²) in [6, 6.07) is 5.09. The van der Waals surface area contributed by atoms with Crippen molar-refractivity contribution in [3.8, 4) is 11.5 Å². The second kappa shape index (κ2) is 7.28. The van der Waals surface area contributed by atoms with Crippen molar-refractivity contribution in [2.75, 3.05) is 20.2 Å². The summed E-state index contributed by atoms with van der Waals surface area (Å²) in [5, 5.41) is 10.4. The van der Waals surface area contributed by atoms with E-state index in [1.54, 1.807) is 37.1 Å². The number of piperidine rings is 1. The Kier molecular flexibility index (Phi) is 5.32. The lowest BCUT2D eigenvalue weighted by Gasteiger charge is -2.49. The van der Waals surface area contributed by atoms with E-state index in [1.807, 2.05) is 20.8 Å². The van der Waals surface area contributed by atoms with E-state index in [-0.39, 0.29) is 11.9 Å². The molecule has 7 nitrogen and oxygen atoms in total. The molecule has 2 aliphatic rings. The molecule has 154 valence electrons. The largest absolute Gasteiger partial charge is 0.497 e. The van der Waals surface area contributed by atoms with Gasteiger partial charge in [-0.25, -0.2) is 4.79 Å². The summed E-state index contributed by atoms with van der Waals surface area (Å²) in [6.07, 6.45) is -0.370. The van der Waals surface area contributed by atoms with Crippen LogP contribution in [0.4, 0.5) is 4.79 Å². The van der Waals surface area contributed by atoms with Gasteiger partial charge in [-0.2, -0.15) is 0 Å². The smallest absolute Gasteiger partial charge is 0.410 e. The van der Waals surface area contributed by atoms with Crippen LogP contribution in [0.3, 0.4) is 0 Å². The average Bonchev–Trinajstić information content (AvgIpc) is 2.60. The van der Waals surface area contributed by atoms with Crippen LogP contribution in [0, 0.1) is 5.92 Å². The van der Waals surface area contributed by atoms with Gasteiger partial charge in [0, 0.05) is 32.0 Å². The number of aliphatic hydroxyl groups excluding tert-OH is 1. The molecule has 0 aliphatic carbocycles. The number of ether oxygens (including phenoxy) is 3. The number of nitrogens with zero attached hydrogens (tertiary/aromatic N) is 1. The minimum absolute atomic E-state index is 0.135. The second-order valence-electron chi connectivity index (χ2n) is 8.58. The first-order valence-corrected chi connectivity index (χ1v) is 9.63. The lowest BCUT2D eigenvalue weighted by Crippen LogP contribution is -2.60. The fourth-order valence-corrected chi connectivity index (χ4v) is 4.07. The summed E-state index contributed by atoms with van der Waals surface area (Å²) >= 11 is 0.